The Labute approximate surface area is 108 Å². The number of esters is 1. The summed E-state index contributed by atoms with van der Waals surface area (Å²) in [5.41, 5.74) is 3.08. The van der Waals surface area contributed by atoms with Crippen LogP contribution in [0.5, 0.6) is 0 Å². The Kier molecular flexibility index (Phi) is 4.35. The molecule has 0 radical (unpaired) electrons. The maximum absolute atomic E-state index is 11.8. The average Bonchev–Trinajstić information content (AvgIpc) is 2.46. The second-order valence-electron chi connectivity index (χ2n) is 4.33. The molecule has 18 heavy (non-hydrogen) atoms. The van der Waals surface area contributed by atoms with Gasteiger partial charge in [0.05, 0.1) is 5.56 Å². The van der Waals surface area contributed by atoms with Gasteiger partial charge in [-0.25, -0.2) is 4.79 Å². The molecule has 1 aliphatic rings. The molecule has 1 aromatic rings. The van der Waals surface area contributed by atoms with Gasteiger partial charge in [0.1, 0.15) is 6.61 Å². The highest BCUT2D eigenvalue weighted by Gasteiger charge is 2.11. The molecule has 0 aromatic heterocycles. The molecule has 0 bridgehead atoms. The van der Waals surface area contributed by atoms with Crippen LogP contribution in [0.15, 0.2) is 53.6 Å². The molecule has 0 heterocycles. The standard InChI is InChI=1S/C16H18O2/c1-2-13-8-6-7-11-15(13)12-18-16(17)14-9-4-3-5-10-14/h3-5,8-11H,2,6-7,12H2,1H3. The first-order valence-corrected chi connectivity index (χ1v) is 6.42. The number of carbonyl (C=O) groups excluding carboxylic acids is 1. The third-order valence-corrected chi connectivity index (χ3v) is 3.11. The van der Waals surface area contributed by atoms with Crippen LogP contribution in [0, 0.1) is 0 Å². The molecule has 0 fully saturated rings. The minimum Gasteiger partial charge on any atom is -0.457 e. The van der Waals surface area contributed by atoms with E-state index in [2.05, 4.69) is 19.1 Å². The van der Waals surface area contributed by atoms with E-state index in [1.165, 1.54) is 5.57 Å². The molecule has 94 valence electrons. The Bertz CT molecular complexity index is 469. The van der Waals surface area contributed by atoms with Crippen molar-refractivity contribution in [1.29, 1.82) is 0 Å². The summed E-state index contributed by atoms with van der Waals surface area (Å²) in [6, 6.07) is 9.11. The molecular weight excluding hydrogens is 224 g/mol. The van der Waals surface area contributed by atoms with Gasteiger partial charge in [-0.2, -0.15) is 0 Å². The summed E-state index contributed by atoms with van der Waals surface area (Å²) in [7, 11) is 0. The van der Waals surface area contributed by atoms with Crippen LogP contribution in [0.2, 0.25) is 0 Å². The van der Waals surface area contributed by atoms with E-state index in [0.29, 0.717) is 12.2 Å². The summed E-state index contributed by atoms with van der Waals surface area (Å²) >= 11 is 0. The van der Waals surface area contributed by atoms with Crippen molar-refractivity contribution in [3.8, 4) is 0 Å². The van der Waals surface area contributed by atoms with Crippen molar-refractivity contribution in [3.63, 3.8) is 0 Å². The van der Waals surface area contributed by atoms with Gasteiger partial charge >= 0.3 is 5.97 Å². The lowest BCUT2D eigenvalue weighted by atomic mass is 9.96. The lowest BCUT2D eigenvalue weighted by Crippen LogP contribution is -2.10. The van der Waals surface area contributed by atoms with Crippen molar-refractivity contribution in [2.75, 3.05) is 6.61 Å². The molecule has 0 saturated carbocycles. The maximum Gasteiger partial charge on any atom is 0.338 e. The summed E-state index contributed by atoms with van der Waals surface area (Å²) in [5.74, 6) is -0.252. The zero-order valence-corrected chi connectivity index (χ0v) is 10.7. The highest BCUT2D eigenvalue weighted by Crippen LogP contribution is 2.21. The summed E-state index contributed by atoms with van der Waals surface area (Å²) in [5, 5.41) is 0. The lowest BCUT2D eigenvalue weighted by Gasteiger charge is -2.15. The number of carbonyl (C=O) groups is 1. The third-order valence-electron chi connectivity index (χ3n) is 3.11. The molecular formula is C16H18O2. The van der Waals surface area contributed by atoms with Crippen molar-refractivity contribution in [2.24, 2.45) is 0 Å². The highest BCUT2D eigenvalue weighted by molar-refractivity contribution is 5.89. The predicted octanol–water partition coefficient (Wildman–Crippen LogP) is 3.90. The molecule has 0 amide bonds. The highest BCUT2D eigenvalue weighted by atomic mass is 16.5. The molecule has 2 nitrogen and oxygen atoms in total. The van der Waals surface area contributed by atoms with Crippen molar-refractivity contribution in [3.05, 3.63) is 59.2 Å². The predicted molar refractivity (Wildman–Crippen MR) is 72.4 cm³/mol. The van der Waals surface area contributed by atoms with Crippen LogP contribution in [0.4, 0.5) is 0 Å². The van der Waals surface area contributed by atoms with Gasteiger partial charge in [0, 0.05) is 0 Å². The Morgan fingerprint density at radius 3 is 2.44 bits per heavy atom. The molecule has 0 N–H and O–H groups in total. The summed E-state index contributed by atoms with van der Waals surface area (Å²) in [6.07, 6.45) is 7.55. The van der Waals surface area contributed by atoms with Crippen LogP contribution < -0.4 is 0 Å². The molecule has 0 aliphatic heterocycles. The SMILES string of the molecule is CCC1=CCCC=C1COC(=O)c1ccccc1. The average molecular weight is 242 g/mol. The zero-order chi connectivity index (χ0) is 12.8. The van der Waals surface area contributed by atoms with Gasteiger partial charge in [0.2, 0.25) is 0 Å². The first kappa shape index (κ1) is 12.6. The summed E-state index contributed by atoms with van der Waals surface area (Å²) in [4.78, 5) is 11.8. The monoisotopic (exact) mass is 242 g/mol. The van der Waals surface area contributed by atoms with Gasteiger partial charge < -0.3 is 4.74 Å². The van der Waals surface area contributed by atoms with E-state index < -0.39 is 0 Å². The summed E-state index contributed by atoms with van der Waals surface area (Å²) < 4.78 is 5.35. The lowest BCUT2D eigenvalue weighted by molar-refractivity contribution is 0.0541. The third kappa shape index (κ3) is 3.10. The van der Waals surface area contributed by atoms with E-state index in [1.807, 2.05) is 18.2 Å². The molecule has 0 atom stereocenters. The van der Waals surface area contributed by atoms with E-state index in [9.17, 15) is 4.79 Å². The van der Waals surface area contributed by atoms with Crippen LogP contribution in [0.3, 0.4) is 0 Å². The van der Waals surface area contributed by atoms with Crippen molar-refractivity contribution >= 4 is 5.97 Å². The summed E-state index contributed by atoms with van der Waals surface area (Å²) in [6.45, 7) is 2.51. The fourth-order valence-electron chi connectivity index (χ4n) is 2.10. The van der Waals surface area contributed by atoms with E-state index in [1.54, 1.807) is 12.1 Å². The minimum absolute atomic E-state index is 0.252. The molecule has 1 aliphatic carbocycles. The van der Waals surface area contributed by atoms with Crippen LogP contribution >= 0.6 is 0 Å². The Morgan fingerprint density at radius 2 is 1.78 bits per heavy atom. The number of hydrogen-bond donors (Lipinski definition) is 0. The minimum atomic E-state index is -0.252. The van der Waals surface area contributed by atoms with Crippen LogP contribution in [0.1, 0.15) is 36.5 Å². The van der Waals surface area contributed by atoms with Gasteiger partial charge in [0.25, 0.3) is 0 Å². The van der Waals surface area contributed by atoms with Gasteiger partial charge in [-0.3, -0.25) is 0 Å². The molecule has 0 saturated heterocycles. The molecule has 0 unspecified atom stereocenters. The van der Waals surface area contributed by atoms with E-state index in [-0.39, 0.29) is 5.97 Å². The van der Waals surface area contributed by atoms with Gasteiger partial charge in [-0.15, -0.1) is 0 Å². The molecule has 2 heteroatoms. The largest absolute Gasteiger partial charge is 0.457 e. The molecule has 1 aromatic carbocycles. The second kappa shape index (κ2) is 6.20. The topological polar surface area (TPSA) is 26.3 Å². The molecule has 0 spiro atoms. The van der Waals surface area contributed by atoms with Crippen molar-refractivity contribution < 1.29 is 9.53 Å². The fourth-order valence-corrected chi connectivity index (χ4v) is 2.10. The number of allylic oxidation sites excluding steroid dienone is 2. The van der Waals surface area contributed by atoms with Gasteiger partial charge in [-0.05, 0) is 42.5 Å². The maximum atomic E-state index is 11.8. The van der Waals surface area contributed by atoms with Crippen molar-refractivity contribution in [1.82, 2.24) is 0 Å². The van der Waals surface area contributed by atoms with E-state index >= 15 is 0 Å². The fraction of sp³-hybridized carbons (Fsp3) is 0.312. The Balaban J connectivity index is 1.94. The van der Waals surface area contributed by atoms with Crippen LogP contribution in [0.25, 0.3) is 0 Å². The Hall–Kier alpha value is -1.83. The molecule has 2 rings (SSSR count). The quantitative estimate of drug-likeness (QED) is 0.748. The van der Waals surface area contributed by atoms with E-state index in [0.717, 1.165) is 24.8 Å². The van der Waals surface area contributed by atoms with Crippen LogP contribution in [-0.2, 0) is 4.74 Å². The first-order chi connectivity index (χ1) is 8.81. The zero-order valence-electron chi connectivity index (χ0n) is 10.7. The van der Waals surface area contributed by atoms with E-state index in [4.69, 9.17) is 4.74 Å². The van der Waals surface area contributed by atoms with Gasteiger partial charge in [0.15, 0.2) is 0 Å². The Morgan fingerprint density at radius 1 is 1.11 bits per heavy atom. The van der Waals surface area contributed by atoms with Crippen molar-refractivity contribution in [2.45, 2.75) is 26.2 Å². The first-order valence-electron chi connectivity index (χ1n) is 6.42. The van der Waals surface area contributed by atoms with Gasteiger partial charge in [-0.1, -0.05) is 37.3 Å². The second-order valence-corrected chi connectivity index (χ2v) is 4.33. The smallest absolute Gasteiger partial charge is 0.338 e. The van der Waals surface area contributed by atoms with Crippen LogP contribution in [-0.4, -0.2) is 12.6 Å². The number of rotatable bonds is 4. The number of ether oxygens (including phenoxy) is 1. The normalized spacial score (nSPS) is 14.7. The number of benzene rings is 1. The number of hydrogen-bond acceptors (Lipinski definition) is 2.